The van der Waals surface area contributed by atoms with Gasteiger partial charge in [-0.3, -0.25) is 4.79 Å². The van der Waals surface area contributed by atoms with Crippen molar-refractivity contribution in [1.82, 2.24) is 0 Å². The highest BCUT2D eigenvalue weighted by Gasteiger charge is 2.23. The molecule has 0 unspecified atom stereocenters. The molecule has 1 aliphatic rings. The van der Waals surface area contributed by atoms with E-state index in [1.165, 1.54) is 18.4 Å². The van der Waals surface area contributed by atoms with E-state index >= 15 is 0 Å². The van der Waals surface area contributed by atoms with Crippen molar-refractivity contribution in [3.8, 4) is 11.1 Å². The van der Waals surface area contributed by atoms with Gasteiger partial charge in [0.15, 0.2) is 0 Å². The third kappa shape index (κ3) is 4.33. The zero-order valence-corrected chi connectivity index (χ0v) is 17.8. The first kappa shape index (κ1) is 20.2. The van der Waals surface area contributed by atoms with Gasteiger partial charge in [0.2, 0.25) is 0 Å². The monoisotopic (exact) mass is 420 g/mol. The maximum atomic E-state index is 12.9. The molecule has 0 heterocycles. The van der Waals surface area contributed by atoms with E-state index in [4.69, 9.17) is 0 Å². The molecule has 158 valence electrons. The number of carboxylic acid groups (broad SMARTS) is 1. The molecular formula is C29H24O3. The number of hydrogen-bond acceptors (Lipinski definition) is 2. The average molecular weight is 421 g/mol. The third-order valence-electron chi connectivity index (χ3n) is 6.21. The molecule has 0 atom stereocenters. The molecule has 0 aromatic heterocycles. The first-order valence-corrected chi connectivity index (χ1v) is 11.0. The van der Waals surface area contributed by atoms with E-state index in [2.05, 4.69) is 36.4 Å². The Labute approximate surface area is 187 Å². The third-order valence-corrected chi connectivity index (χ3v) is 6.21. The number of benzene rings is 4. The molecule has 3 nitrogen and oxygen atoms in total. The van der Waals surface area contributed by atoms with E-state index < -0.39 is 5.97 Å². The first-order valence-electron chi connectivity index (χ1n) is 11.0. The molecule has 0 amide bonds. The highest BCUT2D eigenvalue weighted by Crippen LogP contribution is 2.40. The van der Waals surface area contributed by atoms with E-state index in [0.29, 0.717) is 5.56 Å². The van der Waals surface area contributed by atoms with Crippen LogP contribution in [0.1, 0.15) is 45.8 Å². The molecule has 0 aliphatic heterocycles. The number of rotatable bonds is 7. The summed E-state index contributed by atoms with van der Waals surface area (Å²) in [6, 6.07) is 27.9. The maximum Gasteiger partial charge on any atom is 0.335 e. The molecule has 1 fully saturated rings. The highest BCUT2D eigenvalue weighted by molar-refractivity contribution is 5.98. The number of carbonyl (C=O) groups excluding carboxylic acids is 1. The van der Waals surface area contributed by atoms with E-state index in [-0.39, 0.29) is 24.2 Å². The van der Waals surface area contributed by atoms with Gasteiger partial charge >= 0.3 is 5.97 Å². The summed E-state index contributed by atoms with van der Waals surface area (Å²) in [7, 11) is 0. The molecule has 4 aromatic carbocycles. The molecular weight excluding hydrogens is 396 g/mol. The van der Waals surface area contributed by atoms with Crippen molar-refractivity contribution in [2.24, 2.45) is 0 Å². The summed E-state index contributed by atoms with van der Waals surface area (Å²) in [6.45, 7) is 0. The summed E-state index contributed by atoms with van der Waals surface area (Å²) >= 11 is 0. The van der Waals surface area contributed by atoms with Gasteiger partial charge in [0.1, 0.15) is 5.78 Å². The second-order valence-electron chi connectivity index (χ2n) is 8.65. The summed E-state index contributed by atoms with van der Waals surface area (Å²) in [5.74, 6) is -0.266. The van der Waals surface area contributed by atoms with Crippen LogP contribution in [0.4, 0.5) is 0 Å². The van der Waals surface area contributed by atoms with Gasteiger partial charge in [0, 0.05) is 12.8 Å². The smallest absolute Gasteiger partial charge is 0.335 e. The van der Waals surface area contributed by atoms with Gasteiger partial charge in [-0.05, 0) is 69.5 Å². The SMILES string of the molecule is O=C(Cc1cccc(-c2ccc(C3CC3)cc2)c1)Cc1cc2ccccc2cc1C(=O)O. The Hall–Kier alpha value is -3.72. The Kier molecular flexibility index (Phi) is 5.32. The summed E-state index contributed by atoms with van der Waals surface area (Å²) < 4.78 is 0. The number of carbonyl (C=O) groups is 2. The van der Waals surface area contributed by atoms with Crippen LogP contribution in [0.25, 0.3) is 21.9 Å². The van der Waals surface area contributed by atoms with Gasteiger partial charge in [-0.15, -0.1) is 0 Å². The molecule has 0 saturated heterocycles. The van der Waals surface area contributed by atoms with Gasteiger partial charge in [-0.1, -0.05) is 72.8 Å². The molecule has 1 saturated carbocycles. The highest BCUT2D eigenvalue weighted by atomic mass is 16.4. The van der Waals surface area contributed by atoms with Crippen LogP contribution in [0.3, 0.4) is 0 Å². The minimum Gasteiger partial charge on any atom is -0.478 e. The van der Waals surface area contributed by atoms with Crippen LogP contribution < -0.4 is 0 Å². The molecule has 3 heteroatoms. The van der Waals surface area contributed by atoms with Crippen molar-refractivity contribution < 1.29 is 14.7 Å². The standard InChI is InChI=1S/C29H24O3/c30-27(17-26-16-24-5-1-2-6-25(24)18-28(26)29(31)32)15-19-4-3-7-23(14-19)22-12-10-21(11-13-22)20-8-9-20/h1-7,10-14,16,18,20H,8-9,15,17H2,(H,31,32). The van der Waals surface area contributed by atoms with Crippen LogP contribution in [0.15, 0.2) is 84.9 Å². The minimum atomic E-state index is -1.00. The maximum absolute atomic E-state index is 12.9. The van der Waals surface area contributed by atoms with Gasteiger partial charge in [0.05, 0.1) is 5.56 Å². The number of hydrogen-bond donors (Lipinski definition) is 1. The minimum absolute atomic E-state index is 0.00372. The Balaban J connectivity index is 1.35. The second-order valence-corrected chi connectivity index (χ2v) is 8.65. The zero-order chi connectivity index (χ0) is 22.1. The lowest BCUT2D eigenvalue weighted by Crippen LogP contribution is -2.11. The molecule has 0 radical (unpaired) electrons. The lowest BCUT2D eigenvalue weighted by atomic mass is 9.94. The number of fused-ring (bicyclic) bond motifs is 1. The quantitative estimate of drug-likeness (QED) is 0.374. The summed E-state index contributed by atoms with van der Waals surface area (Å²) in [5.41, 5.74) is 5.34. The zero-order valence-electron chi connectivity index (χ0n) is 17.8. The van der Waals surface area contributed by atoms with Crippen molar-refractivity contribution in [1.29, 1.82) is 0 Å². The van der Waals surface area contributed by atoms with Crippen molar-refractivity contribution in [3.05, 3.63) is 107 Å². The summed E-state index contributed by atoms with van der Waals surface area (Å²) in [4.78, 5) is 24.6. The van der Waals surface area contributed by atoms with Crippen LogP contribution >= 0.6 is 0 Å². The van der Waals surface area contributed by atoms with E-state index in [1.54, 1.807) is 6.07 Å². The van der Waals surface area contributed by atoms with E-state index in [9.17, 15) is 14.7 Å². The summed E-state index contributed by atoms with van der Waals surface area (Å²) in [5, 5.41) is 11.4. The largest absolute Gasteiger partial charge is 0.478 e. The number of Topliss-reactive ketones (excluding diaryl/α,β-unsaturated/α-hetero) is 1. The molecule has 4 aromatic rings. The van der Waals surface area contributed by atoms with Crippen LogP contribution in [-0.4, -0.2) is 16.9 Å². The van der Waals surface area contributed by atoms with Gasteiger partial charge in [0.25, 0.3) is 0 Å². The molecule has 32 heavy (non-hydrogen) atoms. The van der Waals surface area contributed by atoms with Gasteiger partial charge < -0.3 is 5.11 Å². The van der Waals surface area contributed by atoms with Crippen LogP contribution in [0, 0.1) is 0 Å². The normalized spacial score (nSPS) is 13.2. The summed E-state index contributed by atoms with van der Waals surface area (Å²) in [6.07, 6.45) is 2.96. The van der Waals surface area contributed by atoms with Crippen molar-refractivity contribution >= 4 is 22.5 Å². The Bertz CT molecular complexity index is 1310. The van der Waals surface area contributed by atoms with Crippen LogP contribution in [0.5, 0.6) is 0 Å². The number of aromatic carboxylic acids is 1. The first-order chi connectivity index (χ1) is 15.6. The van der Waals surface area contributed by atoms with Crippen molar-refractivity contribution in [2.75, 3.05) is 0 Å². The average Bonchev–Trinajstić information content (AvgIpc) is 3.64. The Morgan fingerprint density at radius 3 is 2.16 bits per heavy atom. The fourth-order valence-corrected chi connectivity index (χ4v) is 4.36. The fourth-order valence-electron chi connectivity index (χ4n) is 4.36. The Morgan fingerprint density at radius 2 is 1.47 bits per heavy atom. The van der Waals surface area contributed by atoms with Gasteiger partial charge in [-0.25, -0.2) is 4.79 Å². The van der Waals surface area contributed by atoms with Crippen molar-refractivity contribution in [2.45, 2.75) is 31.6 Å². The fraction of sp³-hybridized carbons (Fsp3) is 0.172. The molecule has 5 rings (SSSR count). The molecule has 1 aliphatic carbocycles. The topological polar surface area (TPSA) is 54.4 Å². The number of ketones is 1. The molecule has 0 bridgehead atoms. The predicted molar refractivity (Wildman–Crippen MR) is 127 cm³/mol. The van der Waals surface area contributed by atoms with E-state index in [1.807, 2.05) is 42.5 Å². The number of carboxylic acids is 1. The molecule has 1 N–H and O–H groups in total. The van der Waals surface area contributed by atoms with Gasteiger partial charge in [-0.2, -0.15) is 0 Å². The molecule has 0 spiro atoms. The lowest BCUT2D eigenvalue weighted by Gasteiger charge is -2.10. The Morgan fingerprint density at radius 1 is 0.750 bits per heavy atom. The van der Waals surface area contributed by atoms with Crippen LogP contribution in [-0.2, 0) is 17.6 Å². The lowest BCUT2D eigenvalue weighted by molar-refractivity contribution is -0.117. The van der Waals surface area contributed by atoms with E-state index in [0.717, 1.165) is 33.4 Å². The van der Waals surface area contributed by atoms with Crippen molar-refractivity contribution in [3.63, 3.8) is 0 Å². The van der Waals surface area contributed by atoms with Crippen LogP contribution in [0.2, 0.25) is 0 Å². The predicted octanol–water partition coefficient (Wildman–Crippen LogP) is 6.44. The second kappa shape index (κ2) is 8.43.